The first-order valence-electron chi connectivity index (χ1n) is 3.59. The Bertz CT molecular complexity index is 366. The van der Waals surface area contributed by atoms with Gasteiger partial charge < -0.3 is 0 Å². The second-order valence-corrected chi connectivity index (χ2v) is 4.08. The lowest BCUT2D eigenvalue weighted by molar-refractivity contribution is 1.07. The molecule has 1 atom stereocenters. The van der Waals surface area contributed by atoms with Crippen molar-refractivity contribution in [3.63, 3.8) is 0 Å². The van der Waals surface area contributed by atoms with Crippen LogP contribution in [0.15, 0.2) is 12.1 Å². The van der Waals surface area contributed by atoms with Gasteiger partial charge in [0, 0.05) is 5.02 Å². The predicted molar refractivity (Wildman–Crippen MR) is 55.4 cm³/mol. The molecule has 0 radical (unpaired) electrons. The van der Waals surface area contributed by atoms with E-state index in [1.807, 2.05) is 6.07 Å². The highest BCUT2D eigenvalue weighted by Gasteiger charge is 2.12. The quantitative estimate of drug-likeness (QED) is 0.669. The number of alkyl halides is 1. The van der Waals surface area contributed by atoms with Crippen molar-refractivity contribution in [2.75, 3.05) is 0 Å². The SMILES string of the molecule is CC(Cl)c1cc(Cl)cc(Cl)c1C#N. The molecule has 0 fully saturated rings. The topological polar surface area (TPSA) is 23.8 Å². The van der Waals surface area contributed by atoms with E-state index in [9.17, 15) is 0 Å². The van der Waals surface area contributed by atoms with Crippen molar-refractivity contribution in [2.24, 2.45) is 0 Å². The maximum atomic E-state index is 8.80. The second kappa shape index (κ2) is 4.19. The molecule has 0 amide bonds. The Kier molecular flexibility index (Phi) is 3.44. The zero-order valence-electron chi connectivity index (χ0n) is 6.81. The largest absolute Gasteiger partial charge is 0.192 e. The van der Waals surface area contributed by atoms with Gasteiger partial charge in [-0.25, -0.2) is 0 Å². The lowest BCUT2D eigenvalue weighted by atomic mass is 10.1. The summed E-state index contributed by atoms with van der Waals surface area (Å²) >= 11 is 17.4. The van der Waals surface area contributed by atoms with Crippen molar-refractivity contribution >= 4 is 34.8 Å². The number of hydrogen-bond donors (Lipinski definition) is 0. The summed E-state index contributed by atoms with van der Waals surface area (Å²) < 4.78 is 0. The van der Waals surface area contributed by atoms with E-state index in [1.54, 1.807) is 13.0 Å². The number of rotatable bonds is 1. The number of benzene rings is 1. The van der Waals surface area contributed by atoms with Crippen LogP contribution in [0.5, 0.6) is 0 Å². The summed E-state index contributed by atoms with van der Waals surface area (Å²) in [7, 11) is 0. The van der Waals surface area contributed by atoms with E-state index in [-0.39, 0.29) is 5.38 Å². The highest BCUT2D eigenvalue weighted by Crippen LogP contribution is 2.31. The summed E-state index contributed by atoms with van der Waals surface area (Å²) in [4.78, 5) is 0. The molecule has 1 aromatic carbocycles. The van der Waals surface area contributed by atoms with Crippen LogP contribution in [0.3, 0.4) is 0 Å². The van der Waals surface area contributed by atoms with E-state index >= 15 is 0 Å². The van der Waals surface area contributed by atoms with Crippen molar-refractivity contribution in [3.8, 4) is 6.07 Å². The Hall–Kier alpha value is -0.420. The van der Waals surface area contributed by atoms with Crippen molar-refractivity contribution in [1.82, 2.24) is 0 Å². The number of nitriles is 1. The Labute approximate surface area is 91.8 Å². The molecule has 0 aliphatic heterocycles. The van der Waals surface area contributed by atoms with E-state index in [1.165, 1.54) is 6.07 Å². The van der Waals surface area contributed by atoms with Gasteiger partial charge in [0.25, 0.3) is 0 Å². The third kappa shape index (κ3) is 2.28. The molecular formula is C9H6Cl3N. The molecule has 13 heavy (non-hydrogen) atoms. The minimum Gasteiger partial charge on any atom is -0.192 e. The first-order valence-corrected chi connectivity index (χ1v) is 4.78. The maximum Gasteiger partial charge on any atom is 0.101 e. The van der Waals surface area contributed by atoms with E-state index in [2.05, 4.69) is 0 Å². The van der Waals surface area contributed by atoms with E-state index < -0.39 is 0 Å². The van der Waals surface area contributed by atoms with Crippen LogP contribution in [0.2, 0.25) is 10.0 Å². The smallest absolute Gasteiger partial charge is 0.101 e. The van der Waals surface area contributed by atoms with Crippen LogP contribution in [0.4, 0.5) is 0 Å². The molecule has 0 N–H and O–H groups in total. The van der Waals surface area contributed by atoms with Gasteiger partial charge in [-0.15, -0.1) is 11.6 Å². The molecule has 0 aliphatic carbocycles. The van der Waals surface area contributed by atoms with Crippen LogP contribution in [0, 0.1) is 11.3 Å². The monoisotopic (exact) mass is 233 g/mol. The molecule has 0 saturated carbocycles. The number of halogens is 3. The zero-order valence-corrected chi connectivity index (χ0v) is 9.08. The minimum absolute atomic E-state index is 0.272. The van der Waals surface area contributed by atoms with Gasteiger partial charge in [0.15, 0.2) is 0 Å². The summed E-state index contributed by atoms with van der Waals surface area (Å²) in [6.07, 6.45) is 0. The van der Waals surface area contributed by atoms with Crippen LogP contribution >= 0.6 is 34.8 Å². The van der Waals surface area contributed by atoms with Crippen molar-refractivity contribution in [3.05, 3.63) is 33.3 Å². The molecule has 1 aromatic rings. The van der Waals surface area contributed by atoms with Gasteiger partial charge in [0.2, 0.25) is 0 Å². The van der Waals surface area contributed by atoms with Crippen LogP contribution in [0.1, 0.15) is 23.4 Å². The fourth-order valence-corrected chi connectivity index (χ4v) is 1.75. The van der Waals surface area contributed by atoms with Gasteiger partial charge in [-0.2, -0.15) is 5.26 Å². The fourth-order valence-electron chi connectivity index (χ4n) is 1.03. The van der Waals surface area contributed by atoms with Crippen molar-refractivity contribution < 1.29 is 0 Å². The molecule has 4 heteroatoms. The molecule has 68 valence electrons. The summed E-state index contributed by atoms with van der Waals surface area (Å²) in [5, 5.41) is 9.37. The Morgan fingerprint density at radius 1 is 1.38 bits per heavy atom. The summed E-state index contributed by atoms with van der Waals surface area (Å²) in [5.74, 6) is 0. The summed E-state index contributed by atoms with van der Waals surface area (Å²) in [5.41, 5.74) is 1.07. The third-order valence-electron chi connectivity index (χ3n) is 1.63. The highest BCUT2D eigenvalue weighted by atomic mass is 35.5. The molecule has 0 spiro atoms. The van der Waals surface area contributed by atoms with Gasteiger partial charge in [-0.3, -0.25) is 0 Å². The fraction of sp³-hybridized carbons (Fsp3) is 0.222. The minimum atomic E-state index is -0.272. The maximum absolute atomic E-state index is 8.80. The van der Waals surface area contributed by atoms with Gasteiger partial charge in [0.1, 0.15) is 6.07 Å². The molecular weight excluding hydrogens is 228 g/mol. The van der Waals surface area contributed by atoms with Gasteiger partial charge >= 0.3 is 0 Å². The second-order valence-electron chi connectivity index (χ2n) is 2.58. The van der Waals surface area contributed by atoms with Gasteiger partial charge in [-0.1, -0.05) is 23.2 Å². The Morgan fingerprint density at radius 2 is 2.00 bits per heavy atom. The number of hydrogen-bond acceptors (Lipinski definition) is 1. The molecule has 1 unspecified atom stereocenters. The first-order chi connectivity index (χ1) is 6.06. The van der Waals surface area contributed by atoms with Crippen LogP contribution in [-0.4, -0.2) is 0 Å². The molecule has 0 aromatic heterocycles. The number of nitrogens with zero attached hydrogens (tertiary/aromatic N) is 1. The molecule has 0 aliphatic rings. The molecule has 0 bridgehead atoms. The molecule has 0 saturated heterocycles. The molecule has 1 nitrogen and oxygen atoms in total. The molecule has 0 heterocycles. The molecule has 1 rings (SSSR count). The van der Waals surface area contributed by atoms with Crippen LogP contribution in [0.25, 0.3) is 0 Å². The lowest BCUT2D eigenvalue weighted by Gasteiger charge is -2.07. The average Bonchev–Trinajstić information content (AvgIpc) is 2.02. The lowest BCUT2D eigenvalue weighted by Crippen LogP contribution is -1.91. The standard InChI is InChI=1S/C9H6Cl3N/c1-5(10)7-2-6(11)3-9(12)8(7)4-13/h2-3,5H,1H3. The van der Waals surface area contributed by atoms with E-state index in [0.29, 0.717) is 21.2 Å². The predicted octanol–water partition coefficient (Wildman–Crippen LogP) is 4.16. The van der Waals surface area contributed by atoms with Crippen LogP contribution < -0.4 is 0 Å². The normalized spacial score (nSPS) is 12.2. The Morgan fingerprint density at radius 3 is 2.46 bits per heavy atom. The van der Waals surface area contributed by atoms with Crippen molar-refractivity contribution in [1.29, 1.82) is 5.26 Å². The highest BCUT2D eigenvalue weighted by molar-refractivity contribution is 6.35. The zero-order chi connectivity index (χ0) is 10.0. The summed E-state index contributed by atoms with van der Waals surface area (Å²) in [6.45, 7) is 1.77. The van der Waals surface area contributed by atoms with Gasteiger partial charge in [-0.05, 0) is 24.6 Å². The first kappa shape index (κ1) is 10.7. The van der Waals surface area contributed by atoms with Crippen LogP contribution in [-0.2, 0) is 0 Å². The van der Waals surface area contributed by atoms with Crippen molar-refractivity contribution in [2.45, 2.75) is 12.3 Å². The van der Waals surface area contributed by atoms with E-state index in [0.717, 1.165) is 0 Å². The third-order valence-corrected chi connectivity index (χ3v) is 2.38. The Balaban J connectivity index is 3.41. The average molecular weight is 235 g/mol. The summed E-state index contributed by atoms with van der Waals surface area (Å²) in [6, 6.07) is 5.19. The van der Waals surface area contributed by atoms with E-state index in [4.69, 9.17) is 40.1 Å². The van der Waals surface area contributed by atoms with Gasteiger partial charge in [0.05, 0.1) is 16.0 Å².